The second kappa shape index (κ2) is 6.30. The zero-order chi connectivity index (χ0) is 12.0. The molecule has 0 unspecified atom stereocenters. The number of rotatable bonds is 4. The average Bonchev–Trinajstić information content (AvgIpc) is 2.28. The van der Waals surface area contributed by atoms with Gasteiger partial charge in [0, 0.05) is 13.1 Å². The van der Waals surface area contributed by atoms with Gasteiger partial charge < -0.3 is 15.7 Å². The zero-order valence-electron chi connectivity index (χ0n) is 8.46. The maximum atomic E-state index is 12.8. The van der Waals surface area contributed by atoms with Gasteiger partial charge in [-0.3, -0.25) is 0 Å². The summed E-state index contributed by atoms with van der Waals surface area (Å²) in [5.74, 6) is -0.491. The van der Waals surface area contributed by atoms with Crippen molar-refractivity contribution in [2.45, 2.75) is 6.54 Å². The molecule has 4 nitrogen and oxygen atoms in total. The number of halogens is 2. The van der Waals surface area contributed by atoms with E-state index in [1.165, 1.54) is 18.2 Å². The summed E-state index contributed by atoms with van der Waals surface area (Å²) in [5, 5.41) is 13.4. The van der Waals surface area contributed by atoms with E-state index in [-0.39, 0.29) is 24.7 Å². The lowest BCUT2D eigenvalue weighted by Crippen LogP contribution is -2.36. The molecule has 0 bridgehead atoms. The Labute approximate surface area is 97.4 Å². The molecular formula is C10H12ClFN2O2. The number of carbonyl (C=O) groups is 1. The number of aliphatic hydroxyl groups excluding tert-OH is 1. The highest BCUT2D eigenvalue weighted by atomic mass is 35.5. The lowest BCUT2D eigenvalue weighted by Gasteiger charge is -2.06. The Bertz CT molecular complexity index is 374. The highest BCUT2D eigenvalue weighted by molar-refractivity contribution is 6.30. The van der Waals surface area contributed by atoms with Crippen molar-refractivity contribution < 1.29 is 14.3 Å². The first-order valence-corrected chi connectivity index (χ1v) is 5.07. The van der Waals surface area contributed by atoms with Gasteiger partial charge in [0.2, 0.25) is 0 Å². The molecule has 88 valence electrons. The molecule has 2 amide bonds. The zero-order valence-corrected chi connectivity index (χ0v) is 9.22. The van der Waals surface area contributed by atoms with E-state index in [1.54, 1.807) is 0 Å². The Balaban J connectivity index is 2.42. The molecular weight excluding hydrogens is 235 g/mol. The number of benzene rings is 1. The highest BCUT2D eigenvalue weighted by Gasteiger charge is 2.02. The molecule has 3 N–H and O–H groups in total. The third-order valence-electron chi connectivity index (χ3n) is 1.83. The van der Waals surface area contributed by atoms with Crippen LogP contribution in [0.15, 0.2) is 18.2 Å². The van der Waals surface area contributed by atoms with E-state index in [0.717, 1.165) is 0 Å². The van der Waals surface area contributed by atoms with Crippen LogP contribution in [-0.2, 0) is 6.54 Å². The maximum Gasteiger partial charge on any atom is 0.315 e. The Kier molecular flexibility index (Phi) is 5.01. The molecule has 6 heteroatoms. The summed E-state index contributed by atoms with van der Waals surface area (Å²) in [6.07, 6.45) is 0. The summed E-state index contributed by atoms with van der Waals surface area (Å²) in [4.78, 5) is 11.1. The topological polar surface area (TPSA) is 61.4 Å². The molecule has 0 aromatic heterocycles. The molecule has 16 heavy (non-hydrogen) atoms. The van der Waals surface area contributed by atoms with Crippen LogP contribution in [-0.4, -0.2) is 24.3 Å². The minimum absolute atomic E-state index is 0.0232. The van der Waals surface area contributed by atoms with E-state index in [1.807, 2.05) is 0 Å². The Morgan fingerprint density at radius 1 is 1.44 bits per heavy atom. The molecule has 0 radical (unpaired) electrons. The van der Waals surface area contributed by atoms with Crippen molar-refractivity contribution >= 4 is 17.6 Å². The van der Waals surface area contributed by atoms with Gasteiger partial charge in [0.05, 0.1) is 11.6 Å². The van der Waals surface area contributed by atoms with Gasteiger partial charge in [-0.15, -0.1) is 0 Å². The van der Waals surface area contributed by atoms with Crippen LogP contribution in [0.4, 0.5) is 9.18 Å². The van der Waals surface area contributed by atoms with Crippen molar-refractivity contribution in [3.63, 3.8) is 0 Å². The molecule has 0 heterocycles. The molecule has 1 rings (SSSR count). The molecule has 0 saturated carbocycles. The van der Waals surface area contributed by atoms with Crippen molar-refractivity contribution in [2.24, 2.45) is 0 Å². The lowest BCUT2D eigenvalue weighted by atomic mass is 10.2. The predicted octanol–water partition coefficient (Wildman–Crippen LogP) is 1.27. The van der Waals surface area contributed by atoms with E-state index >= 15 is 0 Å². The number of carbonyl (C=O) groups excluding carboxylic acids is 1. The number of aliphatic hydroxyl groups is 1. The molecule has 0 aliphatic carbocycles. The highest BCUT2D eigenvalue weighted by Crippen LogP contribution is 2.15. The quantitative estimate of drug-likeness (QED) is 0.749. The molecule has 0 atom stereocenters. The minimum Gasteiger partial charge on any atom is -0.395 e. The van der Waals surface area contributed by atoms with Gasteiger partial charge in [-0.2, -0.15) is 0 Å². The maximum absolute atomic E-state index is 12.8. The van der Waals surface area contributed by atoms with Gasteiger partial charge >= 0.3 is 6.03 Å². The molecule has 0 fully saturated rings. The van der Waals surface area contributed by atoms with Gasteiger partial charge in [0.25, 0.3) is 0 Å². The Morgan fingerprint density at radius 2 is 2.19 bits per heavy atom. The van der Waals surface area contributed by atoms with Crippen molar-refractivity contribution in [2.75, 3.05) is 13.2 Å². The van der Waals surface area contributed by atoms with Gasteiger partial charge in [-0.1, -0.05) is 17.7 Å². The van der Waals surface area contributed by atoms with Crippen LogP contribution >= 0.6 is 11.6 Å². The number of amides is 2. The fraction of sp³-hybridized carbons (Fsp3) is 0.300. The van der Waals surface area contributed by atoms with E-state index in [9.17, 15) is 9.18 Å². The van der Waals surface area contributed by atoms with Crippen molar-refractivity contribution in [1.82, 2.24) is 10.6 Å². The first-order chi connectivity index (χ1) is 7.63. The van der Waals surface area contributed by atoms with Crippen molar-refractivity contribution in [3.8, 4) is 0 Å². The van der Waals surface area contributed by atoms with Gasteiger partial charge in [-0.25, -0.2) is 9.18 Å². The first-order valence-electron chi connectivity index (χ1n) is 4.70. The summed E-state index contributed by atoms with van der Waals surface area (Å²) >= 11 is 5.58. The summed E-state index contributed by atoms with van der Waals surface area (Å²) < 4.78 is 12.8. The average molecular weight is 247 g/mol. The molecule has 0 spiro atoms. The largest absolute Gasteiger partial charge is 0.395 e. The lowest BCUT2D eigenvalue weighted by molar-refractivity contribution is 0.234. The van der Waals surface area contributed by atoms with E-state index in [2.05, 4.69) is 10.6 Å². The smallest absolute Gasteiger partial charge is 0.315 e. The fourth-order valence-electron chi connectivity index (χ4n) is 1.06. The molecule has 1 aromatic carbocycles. The number of urea groups is 1. The Hall–Kier alpha value is -1.33. The first kappa shape index (κ1) is 12.7. The summed E-state index contributed by atoms with van der Waals surface area (Å²) in [5.41, 5.74) is 0.700. The van der Waals surface area contributed by atoms with Crippen LogP contribution in [0.1, 0.15) is 5.56 Å². The third kappa shape index (κ3) is 4.04. The molecule has 0 aliphatic heterocycles. The van der Waals surface area contributed by atoms with Gasteiger partial charge in [0.15, 0.2) is 0 Å². The Morgan fingerprint density at radius 3 is 2.81 bits per heavy atom. The molecule has 1 aromatic rings. The standard InChI is InChI=1S/C10H12ClFN2O2/c11-8-5-7(1-2-9(8)12)6-14-10(16)13-3-4-15/h1-2,5,15H,3-4,6H2,(H2,13,14,16). The van der Waals surface area contributed by atoms with E-state index in [0.29, 0.717) is 5.56 Å². The predicted molar refractivity (Wildman–Crippen MR) is 58.7 cm³/mol. The normalized spacial score (nSPS) is 9.94. The van der Waals surface area contributed by atoms with Crippen LogP contribution in [0.25, 0.3) is 0 Å². The van der Waals surface area contributed by atoms with Crippen LogP contribution < -0.4 is 10.6 Å². The van der Waals surface area contributed by atoms with Crippen LogP contribution in [0.2, 0.25) is 5.02 Å². The molecule has 0 saturated heterocycles. The molecule has 0 aliphatic rings. The number of hydrogen-bond donors (Lipinski definition) is 3. The van der Waals surface area contributed by atoms with Gasteiger partial charge in [0.1, 0.15) is 5.82 Å². The number of hydrogen-bond acceptors (Lipinski definition) is 2. The number of nitrogens with one attached hydrogen (secondary N) is 2. The summed E-state index contributed by atoms with van der Waals surface area (Å²) in [6, 6.07) is 3.83. The monoisotopic (exact) mass is 246 g/mol. The van der Waals surface area contributed by atoms with Crippen LogP contribution in [0.3, 0.4) is 0 Å². The summed E-state index contributed by atoms with van der Waals surface area (Å²) in [6.45, 7) is 0.322. The minimum atomic E-state index is -0.491. The fourth-order valence-corrected chi connectivity index (χ4v) is 1.27. The van der Waals surface area contributed by atoms with Crippen molar-refractivity contribution in [3.05, 3.63) is 34.6 Å². The van der Waals surface area contributed by atoms with E-state index in [4.69, 9.17) is 16.7 Å². The van der Waals surface area contributed by atoms with Gasteiger partial charge in [-0.05, 0) is 17.7 Å². The summed E-state index contributed by atoms with van der Waals surface area (Å²) in [7, 11) is 0. The van der Waals surface area contributed by atoms with Crippen molar-refractivity contribution in [1.29, 1.82) is 0 Å². The SMILES string of the molecule is O=C(NCCO)NCc1ccc(F)c(Cl)c1. The second-order valence-corrected chi connectivity index (χ2v) is 3.49. The van der Waals surface area contributed by atoms with Crippen LogP contribution in [0, 0.1) is 5.82 Å². The van der Waals surface area contributed by atoms with Crippen LogP contribution in [0.5, 0.6) is 0 Å². The van der Waals surface area contributed by atoms with E-state index < -0.39 is 11.8 Å². The third-order valence-corrected chi connectivity index (χ3v) is 2.12. The second-order valence-electron chi connectivity index (χ2n) is 3.08.